The summed E-state index contributed by atoms with van der Waals surface area (Å²) in [6, 6.07) is 2.08. The van der Waals surface area contributed by atoms with Crippen LogP contribution in [0.3, 0.4) is 0 Å². The maximum absolute atomic E-state index is 6.33. The normalized spacial score (nSPS) is 25.1. The molecule has 1 aromatic heterocycles. The SMILES string of the molecule is Cn1nccc1CCNCC1CCCCC1Cl. The number of nitrogens with one attached hydrogen (secondary N) is 1. The minimum Gasteiger partial charge on any atom is -0.316 e. The van der Waals surface area contributed by atoms with Crippen LogP contribution in [-0.2, 0) is 13.5 Å². The van der Waals surface area contributed by atoms with Crippen LogP contribution in [0.25, 0.3) is 0 Å². The molecule has 1 aliphatic carbocycles. The van der Waals surface area contributed by atoms with Crippen LogP contribution in [0.4, 0.5) is 0 Å². The lowest BCUT2D eigenvalue weighted by Crippen LogP contribution is -2.32. The molecular formula is C13H22ClN3. The quantitative estimate of drug-likeness (QED) is 0.647. The van der Waals surface area contributed by atoms with Gasteiger partial charge >= 0.3 is 0 Å². The highest BCUT2D eigenvalue weighted by atomic mass is 35.5. The van der Waals surface area contributed by atoms with Gasteiger partial charge in [0.1, 0.15) is 0 Å². The van der Waals surface area contributed by atoms with Crippen molar-refractivity contribution in [3.8, 4) is 0 Å². The monoisotopic (exact) mass is 255 g/mol. The Morgan fingerprint density at radius 3 is 3.00 bits per heavy atom. The van der Waals surface area contributed by atoms with Gasteiger partial charge in [0.15, 0.2) is 0 Å². The van der Waals surface area contributed by atoms with Gasteiger partial charge in [-0.2, -0.15) is 5.10 Å². The first-order valence-electron chi connectivity index (χ1n) is 6.59. The summed E-state index contributed by atoms with van der Waals surface area (Å²) in [5, 5.41) is 8.07. The Morgan fingerprint density at radius 2 is 2.29 bits per heavy atom. The highest BCUT2D eigenvalue weighted by Gasteiger charge is 2.22. The van der Waals surface area contributed by atoms with Gasteiger partial charge in [-0.25, -0.2) is 0 Å². The van der Waals surface area contributed by atoms with E-state index in [1.54, 1.807) is 0 Å². The van der Waals surface area contributed by atoms with Gasteiger partial charge in [0.05, 0.1) is 0 Å². The summed E-state index contributed by atoms with van der Waals surface area (Å²) in [4.78, 5) is 0. The van der Waals surface area contributed by atoms with Crippen molar-refractivity contribution in [1.29, 1.82) is 0 Å². The fourth-order valence-corrected chi connectivity index (χ4v) is 2.91. The number of rotatable bonds is 5. The van der Waals surface area contributed by atoms with E-state index in [1.165, 1.54) is 31.4 Å². The summed E-state index contributed by atoms with van der Waals surface area (Å²) in [5.74, 6) is 0.664. The molecule has 0 bridgehead atoms. The summed E-state index contributed by atoms with van der Waals surface area (Å²) in [6.07, 6.45) is 8.01. The van der Waals surface area contributed by atoms with Crippen molar-refractivity contribution in [1.82, 2.24) is 15.1 Å². The topological polar surface area (TPSA) is 29.9 Å². The molecule has 4 heteroatoms. The first-order chi connectivity index (χ1) is 8.27. The lowest BCUT2D eigenvalue weighted by molar-refractivity contribution is 0.349. The van der Waals surface area contributed by atoms with Gasteiger partial charge in [-0.3, -0.25) is 4.68 Å². The third kappa shape index (κ3) is 3.71. The molecule has 1 saturated carbocycles. The Kier molecular flexibility index (Phi) is 4.86. The Morgan fingerprint density at radius 1 is 1.47 bits per heavy atom. The third-order valence-electron chi connectivity index (χ3n) is 3.70. The lowest BCUT2D eigenvalue weighted by Gasteiger charge is -2.27. The number of halogens is 1. The molecule has 1 heterocycles. The van der Waals surface area contributed by atoms with Gasteiger partial charge in [0.2, 0.25) is 0 Å². The Hall–Kier alpha value is -0.540. The summed E-state index contributed by atoms with van der Waals surface area (Å²) in [6.45, 7) is 2.08. The zero-order valence-electron chi connectivity index (χ0n) is 10.5. The molecule has 1 fully saturated rings. The molecule has 1 aromatic rings. The minimum absolute atomic E-state index is 0.382. The first kappa shape index (κ1) is 12.9. The van der Waals surface area contributed by atoms with Crippen molar-refractivity contribution in [3.63, 3.8) is 0 Å². The zero-order chi connectivity index (χ0) is 12.1. The standard InChI is InChI=1S/C13H22ClN3/c1-17-12(7-9-16-17)6-8-15-10-11-4-2-3-5-13(11)14/h7,9,11,13,15H,2-6,8,10H2,1H3. The number of aromatic nitrogens is 2. The van der Waals surface area contributed by atoms with E-state index in [9.17, 15) is 0 Å². The molecule has 0 saturated heterocycles. The van der Waals surface area contributed by atoms with Crippen molar-refractivity contribution in [3.05, 3.63) is 18.0 Å². The van der Waals surface area contributed by atoms with Crippen molar-refractivity contribution in [2.45, 2.75) is 37.5 Å². The van der Waals surface area contributed by atoms with Gasteiger partial charge in [-0.1, -0.05) is 12.8 Å². The van der Waals surface area contributed by atoms with Crippen LogP contribution in [0, 0.1) is 5.92 Å². The van der Waals surface area contributed by atoms with Crippen LogP contribution < -0.4 is 5.32 Å². The molecule has 0 spiro atoms. The summed E-state index contributed by atoms with van der Waals surface area (Å²) < 4.78 is 1.94. The molecule has 3 nitrogen and oxygen atoms in total. The first-order valence-corrected chi connectivity index (χ1v) is 7.02. The summed E-state index contributed by atoms with van der Waals surface area (Å²) in [5.41, 5.74) is 1.28. The Labute approximate surface area is 109 Å². The molecule has 0 amide bonds. The van der Waals surface area contributed by atoms with Crippen molar-refractivity contribution < 1.29 is 0 Å². The van der Waals surface area contributed by atoms with Crippen LogP contribution in [0.1, 0.15) is 31.4 Å². The predicted molar refractivity (Wildman–Crippen MR) is 71.4 cm³/mol. The van der Waals surface area contributed by atoms with Gasteiger partial charge in [0.25, 0.3) is 0 Å². The van der Waals surface area contributed by atoms with Gasteiger partial charge in [0, 0.05) is 37.3 Å². The highest BCUT2D eigenvalue weighted by molar-refractivity contribution is 6.20. The highest BCUT2D eigenvalue weighted by Crippen LogP contribution is 2.27. The smallest absolute Gasteiger partial charge is 0.0492 e. The number of hydrogen-bond donors (Lipinski definition) is 1. The molecule has 2 unspecified atom stereocenters. The molecule has 1 N–H and O–H groups in total. The minimum atomic E-state index is 0.382. The fraction of sp³-hybridized carbons (Fsp3) is 0.769. The summed E-state index contributed by atoms with van der Waals surface area (Å²) in [7, 11) is 1.99. The third-order valence-corrected chi connectivity index (χ3v) is 4.28. The molecule has 0 aliphatic heterocycles. The van der Waals surface area contributed by atoms with Crippen LogP contribution in [0.2, 0.25) is 0 Å². The largest absolute Gasteiger partial charge is 0.316 e. The fourth-order valence-electron chi connectivity index (χ4n) is 2.54. The number of aryl methyl sites for hydroxylation is 1. The van der Waals surface area contributed by atoms with E-state index >= 15 is 0 Å². The molecule has 2 rings (SSSR count). The predicted octanol–water partition coefficient (Wildman–Crippen LogP) is 2.35. The molecule has 0 aromatic carbocycles. The second-order valence-corrected chi connectivity index (χ2v) is 5.52. The van der Waals surface area contributed by atoms with Crippen molar-refractivity contribution >= 4 is 11.6 Å². The zero-order valence-corrected chi connectivity index (χ0v) is 11.3. The lowest BCUT2D eigenvalue weighted by atomic mass is 9.89. The number of nitrogens with zero attached hydrogens (tertiary/aromatic N) is 2. The van der Waals surface area contributed by atoms with Gasteiger partial charge < -0.3 is 5.32 Å². The average molecular weight is 256 g/mol. The van der Waals surface area contributed by atoms with E-state index in [-0.39, 0.29) is 0 Å². The summed E-state index contributed by atoms with van der Waals surface area (Å²) >= 11 is 6.33. The molecule has 1 aliphatic rings. The second kappa shape index (κ2) is 6.41. The van der Waals surface area contributed by atoms with Crippen LogP contribution in [-0.4, -0.2) is 28.2 Å². The van der Waals surface area contributed by atoms with Gasteiger partial charge in [-0.15, -0.1) is 11.6 Å². The van der Waals surface area contributed by atoms with E-state index in [1.807, 2.05) is 17.9 Å². The molecule has 2 atom stereocenters. The maximum atomic E-state index is 6.33. The second-order valence-electron chi connectivity index (χ2n) is 4.96. The average Bonchev–Trinajstić information content (AvgIpc) is 2.73. The van der Waals surface area contributed by atoms with E-state index in [2.05, 4.69) is 16.5 Å². The Balaban J connectivity index is 1.64. The van der Waals surface area contributed by atoms with E-state index in [0.717, 1.165) is 19.5 Å². The number of alkyl halides is 1. The van der Waals surface area contributed by atoms with Gasteiger partial charge in [-0.05, 0) is 31.4 Å². The Bertz CT molecular complexity index is 337. The molecule has 17 heavy (non-hydrogen) atoms. The van der Waals surface area contributed by atoms with E-state index in [0.29, 0.717) is 11.3 Å². The molecule has 96 valence electrons. The molecule has 0 radical (unpaired) electrons. The van der Waals surface area contributed by atoms with Crippen molar-refractivity contribution in [2.75, 3.05) is 13.1 Å². The molecular weight excluding hydrogens is 234 g/mol. The van der Waals surface area contributed by atoms with Crippen LogP contribution in [0.5, 0.6) is 0 Å². The van der Waals surface area contributed by atoms with E-state index in [4.69, 9.17) is 11.6 Å². The van der Waals surface area contributed by atoms with Crippen LogP contribution in [0.15, 0.2) is 12.3 Å². The number of hydrogen-bond acceptors (Lipinski definition) is 2. The maximum Gasteiger partial charge on any atom is 0.0492 e. The van der Waals surface area contributed by atoms with E-state index < -0.39 is 0 Å². The van der Waals surface area contributed by atoms with Crippen LogP contribution >= 0.6 is 11.6 Å². The van der Waals surface area contributed by atoms with Crippen molar-refractivity contribution in [2.24, 2.45) is 13.0 Å².